The van der Waals surface area contributed by atoms with Gasteiger partial charge in [-0.15, -0.1) is 0 Å². The van der Waals surface area contributed by atoms with Gasteiger partial charge in [0.25, 0.3) is 0 Å². The molecule has 0 radical (unpaired) electrons. The number of hydrogen-bond donors (Lipinski definition) is 1. The lowest BCUT2D eigenvalue weighted by atomic mass is 9.77. The van der Waals surface area contributed by atoms with Crippen LogP contribution in [0.3, 0.4) is 0 Å². The van der Waals surface area contributed by atoms with E-state index in [1.165, 1.54) is 16.8 Å². The van der Waals surface area contributed by atoms with E-state index in [1.54, 1.807) is 0 Å². The van der Waals surface area contributed by atoms with Crippen LogP contribution in [0.5, 0.6) is 5.75 Å². The highest BCUT2D eigenvalue weighted by Gasteiger charge is 2.37. The lowest BCUT2D eigenvalue weighted by Crippen LogP contribution is -2.28. The standard InChI is InChI=1S/C32H27BrN2O/c33-25-16-12-22(13-17-25)21-36-31-11-4-1-6-24(31)20-34-26-18-14-23(15-19-26)32-29-9-5-8-27(29)28-7-2-3-10-30(28)35-32/h1-8,10-20,27,29,32,35H,9,21H2/t27-,29-,32-/m0/s1. The number of benzene rings is 4. The molecule has 4 aromatic rings. The summed E-state index contributed by atoms with van der Waals surface area (Å²) in [4.78, 5) is 4.75. The lowest BCUT2D eigenvalue weighted by molar-refractivity contribution is 0.306. The molecule has 4 heteroatoms. The summed E-state index contributed by atoms with van der Waals surface area (Å²) in [6.07, 6.45) is 7.71. The molecule has 0 spiro atoms. The second kappa shape index (κ2) is 10.2. The highest BCUT2D eigenvalue weighted by molar-refractivity contribution is 9.10. The number of anilines is 1. The highest BCUT2D eigenvalue weighted by Crippen LogP contribution is 2.49. The summed E-state index contributed by atoms with van der Waals surface area (Å²) in [6.45, 7) is 0.515. The number of ether oxygens (including phenoxy) is 1. The van der Waals surface area contributed by atoms with Crippen LogP contribution >= 0.6 is 15.9 Å². The zero-order valence-electron chi connectivity index (χ0n) is 19.8. The lowest BCUT2D eigenvalue weighted by Gasteiger charge is -2.37. The van der Waals surface area contributed by atoms with Crippen molar-refractivity contribution in [2.45, 2.75) is 25.0 Å². The molecular formula is C32H27BrN2O. The Kier molecular flexibility index (Phi) is 6.44. The summed E-state index contributed by atoms with van der Waals surface area (Å²) in [6, 6.07) is 33.8. The molecule has 1 heterocycles. The minimum atomic E-state index is 0.297. The van der Waals surface area contributed by atoms with Gasteiger partial charge in [0.15, 0.2) is 0 Å². The molecule has 36 heavy (non-hydrogen) atoms. The van der Waals surface area contributed by atoms with Crippen molar-refractivity contribution >= 4 is 33.5 Å². The van der Waals surface area contributed by atoms with Gasteiger partial charge in [-0.25, -0.2) is 0 Å². The summed E-state index contributed by atoms with van der Waals surface area (Å²) < 4.78 is 7.16. The Labute approximate surface area is 220 Å². The SMILES string of the molecule is Brc1ccc(COc2ccccc2C=Nc2ccc([C@@H]3Nc4ccccc4[C@@H]4C=CC[C@@H]43)cc2)cc1. The van der Waals surface area contributed by atoms with E-state index in [2.05, 4.69) is 94.1 Å². The molecule has 0 amide bonds. The van der Waals surface area contributed by atoms with Crippen LogP contribution in [0, 0.1) is 5.92 Å². The Morgan fingerprint density at radius 3 is 2.53 bits per heavy atom. The van der Waals surface area contributed by atoms with Gasteiger partial charge < -0.3 is 10.1 Å². The topological polar surface area (TPSA) is 33.6 Å². The first-order chi connectivity index (χ1) is 17.7. The number of nitrogens with zero attached hydrogens (tertiary/aromatic N) is 1. The van der Waals surface area contributed by atoms with E-state index in [1.807, 2.05) is 42.6 Å². The Balaban J connectivity index is 1.17. The maximum absolute atomic E-state index is 6.10. The van der Waals surface area contributed by atoms with Crippen LogP contribution in [-0.4, -0.2) is 6.21 Å². The molecule has 0 fully saturated rings. The van der Waals surface area contributed by atoms with Crippen molar-refractivity contribution < 1.29 is 4.74 Å². The quantitative estimate of drug-likeness (QED) is 0.198. The number of nitrogens with one attached hydrogen (secondary N) is 1. The van der Waals surface area contributed by atoms with Crippen molar-refractivity contribution in [3.63, 3.8) is 0 Å². The number of rotatable bonds is 6. The van der Waals surface area contributed by atoms with E-state index < -0.39 is 0 Å². The first-order valence-corrected chi connectivity index (χ1v) is 13.2. The number of para-hydroxylation sites is 2. The minimum absolute atomic E-state index is 0.297. The van der Waals surface area contributed by atoms with Crippen molar-refractivity contribution in [2.75, 3.05) is 5.32 Å². The van der Waals surface area contributed by atoms with E-state index in [-0.39, 0.29) is 0 Å². The van der Waals surface area contributed by atoms with Gasteiger partial charge in [0.1, 0.15) is 12.4 Å². The first-order valence-electron chi connectivity index (χ1n) is 12.4. The normalized spacial score (nSPS) is 20.1. The predicted octanol–water partition coefficient (Wildman–Crippen LogP) is 8.61. The Morgan fingerprint density at radius 1 is 0.889 bits per heavy atom. The van der Waals surface area contributed by atoms with Gasteiger partial charge >= 0.3 is 0 Å². The summed E-state index contributed by atoms with van der Waals surface area (Å²) in [7, 11) is 0. The molecule has 1 aliphatic carbocycles. The third-order valence-electron chi connectivity index (χ3n) is 7.10. The van der Waals surface area contributed by atoms with Crippen molar-refractivity contribution in [2.24, 2.45) is 10.9 Å². The summed E-state index contributed by atoms with van der Waals surface area (Å²) in [5, 5.41) is 3.80. The largest absolute Gasteiger partial charge is 0.488 e. The van der Waals surface area contributed by atoms with Crippen LogP contribution in [0.2, 0.25) is 0 Å². The van der Waals surface area contributed by atoms with Gasteiger partial charge in [-0.2, -0.15) is 0 Å². The van der Waals surface area contributed by atoms with E-state index in [4.69, 9.17) is 9.73 Å². The third-order valence-corrected chi connectivity index (χ3v) is 7.63. The number of allylic oxidation sites excluding steroid dienone is 2. The zero-order chi connectivity index (χ0) is 24.3. The molecule has 6 rings (SSSR count). The average molecular weight is 535 g/mol. The minimum Gasteiger partial charge on any atom is -0.488 e. The van der Waals surface area contributed by atoms with E-state index >= 15 is 0 Å². The number of halogens is 1. The van der Waals surface area contributed by atoms with Crippen molar-refractivity contribution in [3.8, 4) is 5.75 Å². The zero-order valence-corrected chi connectivity index (χ0v) is 21.4. The van der Waals surface area contributed by atoms with Crippen LogP contribution in [-0.2, 0) is 6.61 Å². The van der Waals surface area contributed by atoms with Crippen molar-refractivity contribution in [3.05, 3.63) is 136 Å². The maximum Gasteiger partial charge on any atom is 0.128 e. The molecule has 178 valence electrons. The van der Waals surface area contributed by atoms with Crippen LogP contribution in [0.25, 0.3) is 0 Å². The van der Waals surface area contributed by atoms with Gasteiger partial charge in [0.05, 0.1) is 11.7 Å². The molecule has 0 unspecified atom stereocenters. The fourth-order valence-electron chi connectivity index (χ4n) is 5.25. The summed E-state index contributed by atoms with van der Waals surface area (Å²) in [5.41, 5.74) is 6.98. The van der Waals surface area contributed by atoms with Gasteiger partial charge in [0.2, 0.25) is 0 Å². The number of fused-ring (bicyclic) bond motifs is 3. The highest BCUT2D eigenvalue weighted by atomic mass is 79.9. The Hall–Kier alpha value is -3.63. The molecule has 4 aromatic carbocycles. The average Bonchev–Trinajstić information content (AvgIpc) is 3.42. The van der Waals surface area contributed by atoms with Gasteiger partial charge in [-0.05, 0) is 71.5 Å². The molecule has 3 nitrogen and oxygen atoms in total. The number of hydrogen-bond acceptors (Lipinski definition) is 3. The van der Waals surface area contributed by atoms with Gasteiger partial charge in [0, 0.05) is 27.9 Å². The van der Waals surface area contributed by atoms with E-state index in [0.29, 0.717) is 24.5 Å². The van der Waals surface area contributed by atoms with Crippen LogP contribution in [0.1, 0.15) is 40.6 Å². The molecule has 0 bridgehead atoms. The van der Waals surface area contributed by atoms with Crippen LogP contribution < -0.4 is 10.1 Å². The van der Waals surface area contributed by atoms with Crippen molar-refractivity contribution in [1.29, 1.82) is 0 Å². The molecule has 0 aromatic heterocycles. The Bertz CT molecular complexity index is 1410. The maximum atomic E-state index is 6.10. The molecule has 3 atom stereocenters. The van der Waals surface area contributed by atoms with Gasteiger partial charge in [-0.3, -0.25) is 4.99 Å². The first kappa shape index (κ1) is 22.8. The smallest absolute Gasteiger partial charge is 0.128 e. The molecule has 0 saturated heterocycles. The van der Waals surface area contributed by atoms with Crippen LogP contribution in [0.4, 0.5) is 11.4 Å². The number of aliphatic imine (C=N–C) groups is 1. The van der Waals surface area contributed by atoms with E-state index in [9.17, 15) is 0 Å². The Morgan fingerprint density at radius 2 is 1.67 bits per heavy atom. The molecular weight excluding hydrogens is 508 g/mol. The predicted molar refractivity (Wildman–Crippen MR) is 151 cm³/mol. The molecule has 2 aliphatic rings. The van der Waals surface area contributed by atoms with E-state index in [0.717, 1.165) is 33.5 Å². The van der Waals surface area contributed by atoms with Crippen molar-refractivity contribution in [1.82, 2.24) is 0 Å². The summed E-state index contributed by atoms with van der Waals surface area (Å²) in [5.74, 6) is 1.86. The summed E-state index contributed by atoms with van der Waals surface area (Å²) >= 11 is 3.48. The van der Waals surface area contributed by atoms with Crippen LogP contribution in [0.15, 0.2) is 119 Å². The van der Waals surface area contributed by atoms with Gasteiger partial charge in [-0.1, -0.05) is 82.7 Å². The molecule has 0 saturated carbocycles. The third kappa shape index (κ3) is 4.74. The monoisotopic (exact) mass is 534 g/mol. The molecule has 1 aliphatic heterocycles. The fraction of sp³-hybridized carbons (Fsp3) is 0.156. The second-order valence-corrected chi connectivity index (χ2v) is 10.3. The fourth-order valence-corrected chi connectivity index (χ4v) is 5.51. The second-order valence-electron chi connectivity index (χ2n) is 9.37. The molecule has 1 N–H and O–H groups in total.